The molecule has 2 aromatic rings. The molecule has 0 N–H and O–H groups in total. The third kappa shape index (κ3) is 2.59. The van der Waals surface area contributed by atoms with Gasteiger partial charge in [0.2, 0.25) is 0 Å². The summed E-state index contributed by atoms with van der Waals surface area (Å²) in [7, 11) is -3.21. The zero-order valence-electron chi connectivity index (χ0n) is 12.2. The highest BCUT2D eigenvalue weighted by Crippen LogP contribution is 2.28. The van der Waals surface area contributed by atoms with Crippen molar-refractivity contribution in [2.75, 3.05) is 0 Å². The normalized spacial score (nSPS) is 12.8. The van der Waals surface area contributed by atoms with E-state index in [0.29, 0.717) is 11.2 Å². The molecule has 0 saturated carbocycles. The molecule has 110 valence electrons. The summed E-state index contributed by atoms with van der Waals surface area (Å²) in [6.07, 6.45) is 0. The Hall–Kier alpha value is -1.36. The first-order valence-electron chi connectivity index (χ1n) is 6.74. The van der Waals surface area contributed by atoms with Crippen LogP contribution in [0, 0.1) is 5.82 Å². The minimum atomic E-state index is -3.21. The van der Waals surface area contributed by atoms with Crippen LogP contribution in [0.25, 0.3) is 10.9 Å². The second kappa shape index (κ2) is 5.20. The molecule has 0 bridgehead atoms. The largest absolute Gasteiger partial charge is 0.339 e. The Labute approximate surface area is 119 Å². The molecule has 3 nitrogen and oxygen atoms in total. The maximum atomic E-state index is 14.0. The van der Waals surface area contributed by atoms with Gasteiger partial charge >= 0.3 is 0 Å². The highest BCUT2D eigenvalue weighted by molar-refractivity contribution is 7.91. The number of hydrogen-bond donors (Lipinski definition) is 0. The third-order valence-corrected chi connectivity index (χ3v) is 5.61. The highest BCUT2D eigenvalue weighted by atomic mass is 32.2. The maximum Gasteiger partial charge on any atom is 0.158 e. The van der Waals surface area contributed by atoms with Crippen molar-refractivity contribution >= 4 is 20.7 Å². The van der Waals surface area contributed by atoms with Crippen molar-refractivity contribution < 1.29 is 12.8 Å². The van der Waals surface area contributed by atoms with Crippen LogP contribution in [-0.4, -0.2) is 18.2 Å². The third-order valence-electron chi connectivity index (χ3n) is 3.47. The van der Waals surface area contributed by atoms with E-state index in [1.54, 1.807) is 30.5 Å². The van der Waals surface area contributed by atoms with E-state index in [9.17, 15) is 12.8 Å². The monoisotopic (exact) mass is 297 g/mol. The SMILES string of the molecule is CC(C)n1c(CS(=O)(=O)C(C)C)cc2cccc(F)c21. The van der Waals surface area contributed by atoms with Gasteiger partial charge in [0.1, 0.15) is 5.82 Å². The number of para-hydroxylation sites is 1. The Morgan fingerprint density at radius 2 is 1.85 bits per heavy atom. The van der Waals surface area contributed by atoms with Crippen molar-refractivity contribution in [3.05, 3.63) is 35.8 Å². The summed E-state index contributed by atoms with van der Waals surface area (Å²) in [6, 6.07) is 6.63. The topological polar surface area (TPSA) is 39.1 Å². The molecular formula is C15H20FNO2S. The molecule has 0 unspecified atom stereocenters. The van der Waals surface area contributed by atoms with Crippen LogP contribution in [0.4, 0.5) is 4.39 Å². The second-order valence-electron chi connectivity index (χ2n) is 5.63. The predicted molar refractivity (Wildman–Crippen MR) is 80.0 cm³/mol. The summed E-state index contributed by atoms with van der Waals surface area (Å²) in [5.41, 5.74) is 1.13. The van der Waals surface area contributed by atoms with E-state index < -0.39 is 15.1 Å². The number of sulfone groups is 1. The van der Waals surface area contributed by atoms with Gasteiger partial charge in [-0.1, -0.05) is 12.1 Å². The molecule has 0 aliphatic carbocycles. The minimum Gasteiger partial charge on any atom is -0.339 e. The summed E-state index contributed by atoms with van der Waals surface area (Å²) < 4.78 is 40.1. The van der Waals surface area contributed by atoms with E-state index in [1.165, 1.54) is 6.07 Å². The lowest BCUT2D eigenvalue weighted by Gasteiger charge is -2.16. The van der Waals surface area contributed by atoms with E-state index in [0.717, 1.165) is 5.39 Å². The smallest absolute Gasteiger partial charge is 0.158 e. The maximum absolute atomic E-state index is 14.0. The molecule has 0 fully saturated rings. The van der Waals surface area contributed by atoms with E-state index in [4.69, 9.17) is 0 Å². The highest BCUT2D eigenvalue weighted by Gasteiger charge is 2.22. The van der Waals surface area contributed by atoms with Gasteiger partial charge in [-0.25, -0.2) is 12.8 Å². The van der Waals surface area contributed by atoms with Crippen LogP contribution in [0.1, 0.15) is 39.4 Å². The molecule has 0 saturated heterocycles. The lowest BCUT2D eigenvalue weighted by Crippen LogP contribution is -2.18. The van der Waals surface area contributed by atoms with Crippen molar-refractivity contribution in [2.24, 2.45) is 0 Å². The van der Waals surface area contributed by atoms with Crippen LogP contribution >= 0.6 is 0 Å². The number of fused-ring (bicyclic) bond motifs is 1. The van der Waals surface area contributed by atoms with E-state index in [2.05, 4.69) is 0 Å². The van der Waals surface area contributed by atoms with Crippen LogP contribution in [0.5, 0.6) is 0 Å². The summed E-state index contributed by atoms with van der Waals surface area (Å²) in [6.45, 7) is 7.19. The van der Waals surface area contributed by atoms with Crippen LogP contribution in [0.2, 0.25) is 0 Å². The molecular weight excluding hydrogens is 277 g/mol. The number of aromatic nitrogens is 1. The standard InChI is InChI=1S/C15H20FNO2S/c1-10(2)17-13(9-20(18,19)11(3)4)8-12-6-5-7-14(16)15(12)17/h5-8,10-11H,9H2,1-4H3. The van der Waals surface area contributed by atoms with E-state index in [1.807, 2.05) is 19.9 Å². The number of halogens is 1. The number of nitrogens with zero attached hydrogens (tertiary/aromatic N) is 1. The van der Waals surface area contributed by atoms with Crippen LogP contribution in [-0.2, 0) is 15.6 Å². The summed E-state index contributed by atoms with van der Waals surface area (Å²) in [5, 5.41) is 0.304. The number of rotatable bonds is 4. The summed E-state index contributed by atoms with van der Waals surface area (Å²) >= 11 is 0. The van der Waals surface area contributed by atoms with Crippen LogP contribution < -0.4 is 0 Å². The Morgan fingerprint density at radius 3 is 2.40 bits per heavy atom. The molecule has 2 rings (SSSR count). The molecule has 1 heterocycles. The Morgan fingerprint density at radius 1 is 1.20 bits per heavy atom. The lowest BCUT2D eigenvalue weighted by molar-refractivity contribution is 0.565. The lowest BCUT2D eigenvalue weighted by atomic mass is 10.2. The summed E-state index contributed by atoms with van der Waals surface area (Å²) in [5.74, 6) is -0.374. The van der Waals surface area contributed by atoms with Crippen molar-refractivity contribution in [1.29, 1.82) is 0 Å². The van der Waals surface area contributed by atoms with Crippen molar-refractivity contribution in [3.8, 4) is 0 Å². The minimum absolute atomic E-state index is 0.00163. The molecule has 0 spiro atoms. The number of hydrogen-bond acceptors (Lipinski definition) is 2. The van der Waals surface area contributed by atoms with Gasteiger partial charge in [-0.2, -0.15) is 0 Å². The number of benzene rings is 1. The van der Waals surface area contributed by atoms with Gasteiger partial charge in [0.25, 0.3) is 0 Å². The van der Waals surface area contributed by atoms with Crippen molar-refractivity contribution in [3.63, 3.8) is 0 Å². The fourth-order valence-corrected chi connectivity index (χ4v) is 3.34. The fourth-order valence-electron chi connectivity index (χ4n) is 2.37. The Balaban J connectivity index is 2.65. The molecule has 0 aliphatic rings. The average molecular weight is 297 g/mol. The molecule has 5 heteroatoms. The van der Waals surface area contributed by atoms with Gasteiger partial charge in [0.15, 0.2) is 9.84 Å². The Bertz CT molecular complexity index is 730. The van der Waals surface area contributed by atoms with E-state index in [-0.39, 0.29) is 17.6 Å². The molecule has 0 amide bonds. The first-order valence-corrected chi connectivity index (χ1v) is 8.45. The fraction of sp³-hybridized carbons (Fsp3) is 0.467. The first kappa shape index (κ1) is 15.0. The molecule has 1 aromatic heterocycles. The van der Waals surface area contributed by atoms with E-state index >= 15 is 0 Å². The van der Waals surface area contributed by atoms with Crippen LogP contribution in [0.3, 0.4) is 0 Å². The molecule has 1 aromatic carbocycles. The molecule has 20 heavy (non-hydrogen) atoms. The second-order valence-corrected chi connectivity index (χ2v) is 8.19. The molecule has 0 radical (unpaired) electrons. The van der Waals surface area contributed by atoms with Crippen LogP contribution in [0.15, 0.2) is 24.3 Å². The summed E-state index contributed by atoms with van der Waals surface area (Å²) in [4.78, 5) is 0. The van der Waals surface area contributed by atoms with Gasteiger partial charge in [-0.3, -0.25) is 0 Å². The van der Waals surface area contributed by atoms with Crippen molar-refractivity contribution in [1.82, 2.24) is 4.57 Å². The zero-order chi connectivity index (χ0) is 15.1. The molecule has 0 aliphatic heterocycles. The van der Waals surface area contributed by atoms with Gasteiger partial charge < -0.3 is 4.57 Å². The molecule has 0 atom stereocenters. The van der Waals surface area contributed by atoms with Gasteiger partial charge in [-0.05, 0) is 39.8 Å². The predicted octanol–water partition coefficient (Wildman–Crippen LogP) is 3.68. The quantitative estimate of drug-likeness (QED) is 0.863. The van der Waals surface area contributed by atoms with Gasteiger partial charge in [0.05, 0.1) is 16.5 Å². The zero-order valence-corrected chi connectivity index (χ0v) is 13.0. The Kier molecular flexibility index (Phi) is 3.91. The van der Waals surface area contributed by atoms with Gasteiger partial charge in [-0.15, -0.1) is 0 Å². The van der Waals surface area contributed by atoms with Gasteiger partial charge in [0, 0.05) is 17.1 Å². The van der Waals surface area contributed by atoms with Crippen molar-refractivity contribution in [2.45, 2.75) is 44.7 Å². The first-order chi connectivity index (χ1) is 9.24. The average Bonchev–Trinajstić information content (AvgIpc) is 2.67.